The quantitative estimate of drug-likeness (QED) is 0.631. The lowest BCUT2D eigenvalue weighted by atomic mass is 10.7. The van der Waals surface area contributed by atoms with E-state index in [1.807, 2.05) is 0 Å². The zero-order valence-electron chi connectivity index (χ0n) is 4.94. The molecule has 1 rings (SSSR count). The second kappa shape index (κ2) is 2.25. The van der Waals surface area contributed by atoms with Gasteiger partial charge in [-0.2, -0.15) is 0 Å². The van der Waals surface area contributed by atoms with Crippen molar-refractivity contribution < 1.29 is 9.46 Å². The first-order chi connectivity index (χ1) is 4.11. The molecule has 1 atom stereocenters. The molecule has 1 aromatic heterocycles. The zero-order valence-corrected chi connectivity index (χ0v) is 6.65. The predicted octanol–water partition coefficient (Wildman–Crippen LogP) is 1.27. The van der Waals surface area contributed by atoms with E-state index >= 15 is 0 Å². The molecule has 0 saturated heterocycles. The van der Waals surface area contributed by atoms with Crippen LogP contribution in [0.1, 0.15) is 0 Å². The molecular formula is C5H7O2PS. The molecule has 0 radical (unpaired) electrons. The molecule has 50 valence electrons. The Morgan fingerprint density at radius 2 is 2.44 bits per heavy atom. The molecule has 0 saturated carbocycles. The topological polar surface area (TPSA) is 37.3 Å². The van der Waals surface area contributed by atoms with Gasteiger partial charge in [0.1, 0.15) is 0 Å². The molecule has 1 aromatic rings. The molecule has 0 bridgehead atoms. The van der Waals surface area contributed by atoms with Crippen molar-refractivity contribution in [3.8, 4) is 0 Å². The summed E-state index contributed by atoms with van der Waals surface area (Å²) in [5, 5.41) is 1.79. The summed E-state index contributed by atoms with van der Waals surface area (Å²) < 4.78 is 11.4. The SMILES string of the molecule is CP(=O)(O)c1cccs1. The van der Waals surface area contributed by atoms with Crippen LogP contribution in [0.4, 0.5) is 0 Å². The van der Waals surface area contributed by atoms with Crippen molar-refractivity contribution in [1.82, 2.24) is 0 Å². The monoisotopic (exact) mass is 162 g/mol. The van der Waals surface area contributed by atoms with Gasteiger partial charge in [-0.05, 0) is 11.4 Å². The normalized spacial score (nSPS) is 17.1. The Balaban J connectivity index is 3.04. The van der Waals surface area contributed by atoms with Crippen molar-refractivity contribution in [2.75, 3.05) is 6.66 Å². The van der Waals surface area contributed by atoms with Gasteiger partial charge in [0.25, 0.3) is 0 Å². The second-order valence-electron chi connectivity index (χ2n) is 1.83. The molecule has 0 aliphatic rings. The lowest BCUT2D eigenvalue weighted by Gasteiger charge is -1.97. The van der Waals surface area contributed by atoms with Crippen LogP contribution in [0.3, 0.4) is 0 Å². The lowest BCUT2D eigenvalue weighted by molar-refractivity contribution is 0.497. The first-order valence-electron chi connectivity index (χ1n) is 2.45. The number of hydrogen-bond acceptors (Lipinski definition) is 2. The molecule has 0 aliphatic heterocycles. The Morgan fingerprint density at radius 3 is 2.67 bits per heavy atom. The van der Waals surface area contributed by atoms with Gasteiger partial charge in [0, 0.05) is 6.66 Å². The predicted molar refractivity (Wildman–Crippen MR) is 39.7 cm³/mol. The highest BCUT2D eigenvalue weighted by molar-refractivity contribution is 7.71. The van der Waals surface area contributed by atoms with E-state index in [9.17, 15) is 4.57 Å². The number of thiophene rings is 1. The Kier molecular flexibility index (Phi) is 1.75. The summed E-state index contributed by atoms with van der Waals surface area (Å²) in [5.74, 6) is 0. The van der Waals surface area contributed by atoms with Gasteiger partial charge in [0.2, 0.25) is 7.37 Å². The maximum Gasteiger partial charge on any atom is 0.236 e. The van der Waals surface area contributed by atoms with Crippen molar-refractivity contribution in [2.45, 2.75) is 0 Å². The highest BCUT2D eigenvalue weighted by atomic mass is 32.1. The lowest BCUT2D eigenvalue weighted by Crippen LogP contribution is -1.93. The largest absolute Gasteiger partial charge is 0.341 e. The van der Waals surface area contributed by atoms with E-state index in [1.54, 1.807) is 17.5 Å². The minimum absolute atomic E-state index is 0.572. The van der Waals surface area contributed by atoms with Crippen LogP contribution in [0.2, 0.25) is 0 Å². The fourth-order valence-corrected chi connectivity index (χ4v) is 2.29. The van der Waals surface area contributed by atoms with E-state index in [-0.39, 0.29) is 0 Å². The fourth-order valence-electron chi connectivity index (χ4n) is 0.506. The maximum atomic E-state index is 10.8. The molecule has 1 unspecified atom stereocenters. The molecule has 4 heteroatoms. The number of hydrogen-bond donors (Lipinski definition) is 1. The van der Waals surface area contributed by atoms with E-state index in [2.05, 4.69) is 0 Å². The van der Waals surface area contributed by atoms with Crippen LogP contribution in [0.5, 0.6) is 0 Å². The molecule has 0 spiro atoms. The van der Waals surface area contributed by atoms with Crippen molar-refractivity contribution >= 4 is 23.3 Å². The highest BCUT2D eigenvalue weighted by Gasteiger charge is 2.13. The zero-order chi connectivity index (χ0) is 6.91. The molecule has 1 heterocycles. The summed E-state index contributed by atoms with van der Waals surface area (Å²) in [6.45, 7) is 1.35. The smallest absolute Gasteiger partial charge is 0.236 e. The summed E-state index contributed by atoms with van der Waals surface area (Å²) >= 11 is 1.32. The van der Waals surface area contributed by atoms with Crippen molar-refractivity contribution in [2.24, 2.45) is 0 Å². The van der Waals surface area contributed by atoms with Crippen LogP contribution in [0.15, 0.2) is 17.5 Å². The molecule has 0 fully saturated rings. The molecule has 0 aromatic carbocycles. The van der Waals surface area contributed by atoms with Crippen LogP contribution in [0.25, 0.3) is 0 Å². The molecule has 9 heavy (non-hydrogen) atoms. The van der Waals surface area contributed by atoms with E-state index in [0.29, 0.717) is 4.62 Å². The summed E-state index contributed by atoms with van der Waals surface area (Å²) in [6, 6.07) is 3.44. The average Bonchev–Trinajstić information content (AvgIpc) is 2.08. The van der Waals surface area contributed by atoms with Crippen molar-refractivity contribution in [3.05, 3.63) is 17.5 Å². The standard InChI is InChI=1S/C5H7O2PS/c1-8(6,7)5-3-2-4-9-5/h2-4H,1H3,(H,6,7). The van der Waals surface area contributed by atoms with Gasteiger partial charge >= 0.3 is 0 Å². The highest BCUT2D eigenvalue weighted by Crippen LogP contribution is 2.35. The van der Waals surface area contributed by atoms with Crippen LogP contribution < -0.4 is 4.62 Å². The average molecular weight is 162 g/mol. The molecule has 0 amide bonds. The molecule has 1 N–H and O–H groups in total. The third kappa shape index (κ3) is 1.65. The molecular weight excluding hydrogens is 155 g/mol. The summed E-state index contributed by atoms with van der Waals surface area (Å²) in [7, 11) is -2.95. The third-order valence-corrected chi connectivity index (χ3v) is 3.89. The van der Waals surface area contributed by atoms with Crippen LogP contribution in [-0.2, 0) is 4.57 Å². The maximum absolute atomic E-state index is 10.8. The Morgan fingerprint density at radius 1 is 1.78 bits per heavy atom. The van der Waals surface area contributed by atoms with E-state index in [0.717, 1.165) is 0 Å². The Bertz CT molecular complexity index is 223. The van der Waals surface area contributed by atoms with Crippen LogP contribution >= 0.6 is 18.7 Å². The first-order valence-corrected chi connectivity index (χ1v) is 5.44. The van der Waals surface area contributed by atoms with Crippen molar-refractivity contribution in [1.29, 1.82) is 0 Å². The van der Waals surface area contributed by atoms with E-state index < -0.39 is 7.37 Å². The minimum Gasteiger partial charge on any atom is -0.341 e. The van der Waals surface area contributed by atoms with E-state index in [1.165, 1.54) is 18.0 Å². The summed E-state index contributed by atoms with van der Waals surface area (Å²) in [4.78, 5) is 8.94. The third-order valence-electron chi connectivity index (χ3n) is 0.915. The van der Waals surface area contributed by atoms with Crippen LogP contribution in [0, 0.1) is 0 Å². The fraction of sp³-hybridized carbons (Fsp3) is 0.200. The van der Waals surface area contributed by atoms with Gasteiger partial charge in [0.15, 0.2) is 0 Å². The van der Waals surface area contributed by atoms with Gasteiger partial charge in [-0.3, -0.25) is 4.57 Å². The Hall–Kier alpha value is -0.110. The Labute approximate surface area is 57.6 Å². The van der Waals surface area contributed by atoms with E-state index in [4.69, 9.17) is 4.89 Å². The van der Waals surface area contributed by atoms with Gasteiger partial charge in [-0.1, -0.05) is 6.07 Å². The van der Waals surface area contributed by atoms with Gasteiger partial charge < -0.3 is 4.89 Å². The first kappa shape index (κ1) is 7.00. The summed E-state index contributed by atoms with van der Waals surface area (Å²) in [6.07, 6.45) is 0. The minimum atomic E-state index is -2.95. The second-order valence-corrected chi connectivity index (χ2v) is 5.32. The van der Waals surface area contributed by atoms with Crippen LogP contribution in [-0.4, -0.2) is 11.6 Å². The van der Waals surface area contributed by atoms with Gasteiger partial charge in [-0.15, -0.1) is 11.3 Å². The molecule has 0 aliphatic carbocycles. The number of rotatable bonds is 1. The van der Waals surface area contributed by atoms with Gasteiger partial charge in [0.05, 0.1) is 4.62 Å². The van der Waals surface area contributed by atoms with Gasteiger partial charge in [-0.25, -0.2) is 0 Å². The summed E-state index contributed by atoms with van der Waals surface area (Å²) in [5.41, 5.74) is 0. The van der Waals surface area contributed by atoms with Crippen molar-refractivity contribution in [3.63, 3.8) is 0 Å². The molecule has 2 nitrogen and oxygen atoms in total.